The number of carbonyl (C=O) groups is 1. The van der Waals surface area contributed by atoms with Gasteiger partial charge in [0.15, 0.2) is 0 Å². The Morgan fingerprint density at radius 3 is 2.70 bits per heavy atom. The van der Waals surface area contributed by atoms with E-state index in [1.54, 1.807) is 0 Å². The quantitative estimate of drug-likeness (QED) is 0.830. The molecule has 27 heavy (non-hydrogen) atoms. The molecule has 0 bridgehead atoms. The van der Waals surface area contributed by atoms with E-state index >= 15 is 0 Å². The average molecular weight is 367 g/mol. The van der Waals surface area contributed by atoms with Crippen molar-refractivity contribution >= 4 is 5.91 Å². The maximum Gasteiger partial charge on any atom is 0.254 e. The summed E-state index contributed by atoms with van der Waals surface area (Å²) < 4.78 is 8.11. The van der Waals surface area contributed by atoms with Crippen LogP contribution in [0, 0.1) is 0 Å². The van der Waals surface area contributed by atoms with Crippen molar-refractivity contribution in [1.82, 2.24) is 14.5 Å². The van der Waals surface area contributed by atoms with Crippen molar-refractivity contribution in [3.05, 3.63) is 54.1 Å². The molecule has 4 rings (SSSR count). The first-order valence-corrected chi connectivity index (χ1v) is 10.1. The fraction of sp³-hybridized carbons (Fsp3) is 0.545. The van der Waals surface area contributed by atoms with Crippen LogP contribution in [-0.4, -0.2) is 45.7 Å². The zero-order valence-corrected chi connectivity index (χ0v) is 16.1. The third kappa shape index (κ3) is 3.93. The highest BCUT2D eigenvalue weighted by atomic mass is 16.5. The van der Waals surface area contributed by atoms with E-state index in [0.29, 0.717) is 12.5 Å². The molecule has 0 spiro atoms. The number of piperidine rings is 1. The molecule has 0 saturated carbocycles. The van der Waals surface area contributed by atoms with Gasteiger partial charge in [-0.1, -0.05) is 30.3 Å². The molecule has 1 amide bonds. The van der Waals surface area contributed by atoms with Crippen LogP contribution in [0.15, 0.2) is 42.7 Å². The number of hydrogen-bond donors (Lipinski definition) is 0. The number of aromatic nitrogens is 2. The lowest BCUT2D eigenvalue weighted by molar-refractivity contribution is -0.163. The van der Waals surface area contributed by atoms with Gasteiger partial charge < -0.3 is 14.2 Å². The summed E-state index contributed by atoms with van der Waals surface area (Å²) in [6, 6.07) is 10.5. The van der Waals surface area contributed by atoms with Gasteiger partial charge in [-0.15, -0.1) is 0 Å². The summed E-state index contributed by atoms with van der Waals surface area (Å²) in [5.74, 6) is 1.73. The van der Waals surface area contributed by atoms with Crippen LogP contribution in [0.4, 0.5) is 0 Å². The van der Waals surface area contributed by atoms with E-state index in [0.717, 1.165) is 57.6 Å². The molecule has 0 unspecified atom stereocenters. The van der Waals surface area contributed by atoms with Crippen LogP contribution < -0.4 is 0 Å². The predicted octanol–water partition coefficient (Wildman–Crippen LogP) is 3.60. The number of carbonyl (C=O) groups excluding carboxylic acids is 1. The summed E-state index contributed by atoms with van der Waals surface area (Å²) in [4.78, 5) is 19.6. The molecule has 1 aromatic carbocycles. The molecular formula is C22H29N3O2. The van der Waals surface area contributed by atoms with Gasteiger partial charge in [-0.2, -0.15) is 0 Å². The first-order chi connectivity index (χ1) is 13.2. The van der Waals surface area contributed by atoms with Crippen LogP contribution in [0.3, 0.4) is 0 Å². The second kappa shape index (κ2) is 7.85. The molecule has 1 aromatic heterocycles. The summed E-state index contributed by atoms with van der Waals surface area (Å²) in [5, 5.41) is 0. The average Bonchev–Trinajstić information content (AvgIpc) is 3.17. The first kappa shape index (κ1) is 18.2. The monoisotopic (exact) mass is 367 g/mol. The number of amides is 1. The maximum absolute atomic E-state index is 13.0. The van der Waals surface area contributed by atoms with Crippen LogP contribution in [-0.2, 0) is 16.1 Å². The molecule has 2 saturated heterocycles. The SMILES string of the molecule is C[C@]1(C(=O)N2CCC(c3nccn3Cc3ccccc3)CC2)CCCCO1. The van der Waals surface area contributed by atoms with Gasteiger partial charge in [-0.25, -0.2) is 4.98 Å². The minimum atomic E-state index is -0.614. The number of hydrogen-bond acceptors (Lipinski definition) is 3. The van der Waals surface area contributed by atoms with Crippen LogP contribution in [0.5, 0.6) is 0 Å². The van der Waals surface area contributed by atoms with Gasteiger partial charge in [0.1, 0.15) is 11.4 Å². The van der Waals surface area contributed by atoms with Crippen molar-refractivity contribution in [2.45, 2.75) is 57.1 Å². The molecule has 2 aliphatic heterocycles. The van der Waals surface area contributed by atoms with Gasteiger partial charge in [0.25, 0.3) is 5.91 Å². The minimum absolute atomic E-state index is 0.174. The zero-order chi connectivity index (χ0) is 18.7. The van der Waals surface area contributed by atoms with Gasteiger partial charge in [-0.05, 0) is 44.6 Å². The zero-order valence-electron chi connectivity index (χ0n) is 16.1. The standard InChI is InChI=1S/C22H29N3O2/c1-22(11-5-6-16-27-22)21(26)24-13-9-19(10-14-24)20-23-12-15-25(20)17-18-7-3-2-4-8-18/h2-4,7-8,12,15,19H,5-6,9-11,13-14,16-17H2,1H3/t22-/m1/s1. The fourth-order valence-electron chi connectivity index (χ4n) is 4.37. The molecular weight excluding hydrogens is 338 g/mol. The largest absolute Gasteiger partial charge is 0.365 e. The third-order valence-corrected chi connectivity index (χ3v) is 6.01. The minimum Gasteiger partial charge on any atom is -0.365 e. The highest BCUT2D eigenvalue weighted by molar-refractivity contribution is 5.85. The Balaban J connectivity index is 1.38. The molecule has 144 valence electrons. The summed E-state index contributed by atoms with van der Waals surface area (Å²) in [7, 11) is 0. The molecule has 5 heteroatoms. The van der Waals surface area contributed by atoms with Gasteiger partial charge in [0.05, 0.1) is 0 Å². The molecule has 0 aliphatic carbocycles. The second-order valence-corrected chi connectivity index (χ2v) is 8.00. The topological polar surface area (TPSA) is 47.4 Å². The Bertz CT molecular complexity index is 757. The number of ether oxygens (including phenoxy) is 1. The van der Waals surface area contributed by atoms with E-state index in [4.69, 9.17) is 4.74 Å². The molecule has 5 nitrogen and oxygen atoms in total. The second-order valence-electron chi connectivity index (χ2n) is 8.00. The van der Waals surface area contributed by atoms with Crippen molar-refractivity contribution < 1.29 is 9.53 Å². The van der Waals surface area contributed by atoms with Crippen LogP contribution >= 0.6 is 0 Å². The van der Waals surface area contributed by atoms with Crippen molar-refractivity contribution in [3.63, 3.8) is 0 Å². The van der Waals surface area contributed by atoms with Gasteiger partial charge in [0.2, 0.25) is 0 Å². The number of nitrogens with zero attached hydrogens (tertiary/aromatic N) is 3. The Hall–Kier alpha value is -2.14. The molecule has 0 N–H and O–H groups in total. The Labute approximate surface area is 161 Å². The van der Waals surface area contributed by atoms with Crippen molar-refractivity contribution in [3.8, 4) is 0 Å². The Morgan fingerprint density at radius 1 is 1.22 bits per heavy atom. The van der Waals surface area contributed by atoms with Crippen molar-refractivity contribution in [2.24, 2.45) is 0 Å². The molecule has 1 atom stereocenters. The van der Waals surface area contributed by atoms with Gasteiger partial charge in [0, 0.05) is 44.6 Å². The summed E-state index contributed by atoms with van der Waals surface area (Å²) >= 11 is 0. The third-order valence-electron chi connectivity index (χ3n) is 6.01. The smallest absolute Gasteiger partial charge is 0.254 e. The van der Waals surface area contributed by atoms with Gasteiger partial charge >= 0.3 is 0 Å². The molecule has 0 radical (unpaired) electrons. The lowest BCUT2D eigenvalue weighted by atomic mass is 9.91. The van der Waals surface area contributed by atoms with Crippen molar-refractivity contribution in [1.29, 1.82) is 0 Å². The summed E-state index contributed by atoms with van der Waals surface area (Å²) in [6.07, 6.45) is 8.88. The van der Waals surface area contributed by atoms with E-state index < -0.39 is 5.60 Å². The molecule has 3 heterocycles. The normalized spacial score (nSPS) is 24.1. The fourth-order valence-corrected chi connectivity index (χ4v) is 4.37. The number of imidazole rings is 1. The highest BCUT2D eigenvalue weighted by Gasteiger charge is 2.40. The van der Waals surface area contributed by atoms with E-state index in [-0.39, 0.29) is 5.91 Å². The van der Waals surface area contributed by atoms with Crippen LogP contribution in [0.2, 0.25) is 0 Å². The maximum atomic E-state index is 13.0. The van der Waals surface area contributed by atoms with E-state index in [1.807, 2.05) is 24.1 Å². The van der Waals surface area contributed by atoms with Crippen LogP contribution in [0.25, 0.3) is 0 Å². The van der Waals surface area contributed by atoms with E-state index in [1.165, 1.54) is 5.56 Å². The first-order valence-electron chi connectivity index (χ1n) is 10.1. The van der Waals surface area contributed by atoms with E-state index in [2.05, 4.69) is 40.0 Å². The Kier molecular flexibility index (Phi) is 5.30. The number of benzene rings is 1. The van der Waals surface area contributed by atoms with Crippen LogP contribution in [0.1, 0.15) is 56.3 Å². The molecule has 2 aromatic rings. The summed E-state index contributed by atoms with van der Waals surface area (Å²) in [5.41, 5.74) is 0.670. The Morgan fingerprint density at radius 2 is 2.00 bits per heavy atom. The highest BCUT2D eigenvalue weighted by Crippen LogP contribution is 2.31. The predicted molar refractivity (Wildman–Crippen MR) is 105 cm³/mol. The van der Waals surface area contributed by atoms with Crippen molar-refractivity contribution in [2.75, 3.05) is 19.7 Å². The van der Waals surface area contributed by atoms with Gasteiger partial charge in [-0.3, -0.25) is 4.79 Å². The summed E-state index contributed by atoms with van der Waals surface area (Å²) in [6.45, 7) is 5.10. The van der Waals surface area contributed by atoms with E-state index in [9.17, 15) is 4.79 Å². The number of rotatable bonds is 4. The molecule has 2 fully saturated rings. The lowest BCUT2D eigenvalue weighted by Gasteiger charge is -2.40. The number of likely N-dealkylation sites (tertiary alicyclic amines) is 1. The lowest BCUT2D eigenvalue weighted by Crippen LogP contribution is -2.52. The molecule has 2 aliphatic rings.